The van der Waals surface area contributed by atoms with E-state index in [-0.39, 0.29) is 6.54 Å². The van der Waals surface area contributed by atoms with Gasteiger partial charge in [0, 0.05) is 12.1 Å². The average molecular weight is 391 g/mol. The highest BCUT2D eigenvalue weighted by Crippen LogP contribution is 2.29. The SMILES string of the molecule is CCC(CNC(=O)C(=O)Nc1cc(Cl)ccc1OC)(OC)c1ccccc1. The number of halogens is 1. The molecule has 1 atom stereocenters. The standard InChI is InChI=1S/C20H23ClN2O4/c1-4-20(27-3,14-8-6-5-7-9-14)13-22-18(24)19(25)23-16-12-15(21)10-11-17(16)26-2/h5-12H,4,13H2,1-3H3,(H,22,24)(H,23,25). The Morgan fingerprint density at radius 2 is 1.78 bits per heavy atom. The third kappa shape index (κ3) is 4.99. The molecule has 1 unspecified atom stereocenters. The molecule has 0 bridgehead atoms. The molecule has 2 aromatic rings. The number of rotatable bonds is 7. The van der Waals surface area contributed by atoms with Crippen LogP contribution >= 0.6 is 11.6 Å². The van der Waals surface area contributed by atoms with Gasteiger partial charge >= 0.3 is 11.8 Å². The Labute approximate surface area is 163 Å². The summed E-state index contributed by atoms with van der Waals surface area (Å²) in [5.41, 5.74) is 0.527. The lowest BCUT2D eigenvalue weighted by Crippen LogP contribution is -2.45. The number of nitrogens with one attached hydrogen (secondary N) is 2. The molecule has 2 aromatic carbocycles. The predicted molar refractivity (Wildman–Crippen MR) is 105 cm³/mol. The van der Waals surface area contributed by atoms with Crippen molar-refractivity contribution in [3.8, 4) is 5.75 Å². The van der Waals surface area contributed by atoms with E-state index >= 15 is 0 Å². The van der Waals surface area contributed by atoms with Crippen LogP contribution in [0.2, 0.25) is 5.02 Å². The van der Waals surface area contributed by atoms with Gasteiger partial charge in [-0.15, -0.1) is 0 Å². The molecule has 0 aromatic heterocycles. The number of ether oxygens (including phenoxy) is 2. The second-order valence-corrected chi connectivity index (χ2v) is 6.34. The van der Waals surface area contributed by atoms with Crippen LogP contribution < -0.4 is 15.4 Å². The second-order valence-electron chi connectivity index (χ2n) is 5.90. The van der Waals surface area contributed by atoms with Crippen molar-refractivity contribution in [1.82, 2.24) is 5.32 Å². The molecule has 2 N–H and O–H groups in total. The van der Waals surface area contributed by atoms with Gasteiger partial charge in [-0.25, -0.2) is 0 Å². The highest BCUT2D eigenvalue weighted by molar-refractivity contribution is 6.40. The third-order valence-electron chi connectivity index (χ3n) is 4.41. The molecule has 0 heterocycles. The quantitative estimate of drug-likeness (QED) is 0.711. The Bertz CT molecular complexity index is 792. The largest absolute Gasteiger partial charge is 0.495 e. The summed E-state index contributed by atoms with van der Waals surface area (Å²) in [6.45, 7) is 2.11. The Morgan fingerprint density at radius 3 is 2.37 bits per heavy atom. The van der Waals surface area contributed by atoms with Crippen molar-refractivity contribution in [2.24, 2.45) is 0 Å². The maximum atomic E-state index is 12.3. The fraction of sp³-hybridized carbons (Fsp3) is 0.300. The van der Waals surface area contributed by atoms with Gasteiger partial charge in [-0.1, -0.05) is 48.9 Å². The molecule has 0 saturated heterocycles. The monoisotopic (exact) mass is 390 g/mol. The van der Waals surface area contributed by atoms with Gasteiger partial charge in [-0.2, -0.15) is 0 Å². The first kappa shape index (κ1) is 20.7. The highest BCUT2D eigenvalue weighted by Gasteiger charge is 2.31. The van der Waals surface area contributed by atoms with Gasteiger partial charge in [0.2, 0.25) is 0 Å². The maximum absolute atomic E-state index is 12.3. The Balaban J connectivity index is 2.08. The Kier molecular flexibility index (Phi) is 7.21. The number of hydrogen-bond donors (Lipinski definition) is 2. The van der Waals surface area contributed by atoms with Crippen LogP contribution in [0, 0.1) is 0 Å². The number of hydrogen-bond acceptors (Lipinski definition) is 4. The van der Waals surface area contributed by atoms with Gasteiger partial charge < -0.3 is 20.1 Å². The van der Waals surface area contributed by atoms with E-state index in [0.29, 0.717) is 22.9 Å². The summed E-state index contributed by atoms with van der Waals surface area (Å²) in [5.74, 6) is -1.18. The van der Waals surface area contributed by atoms with Crippen LogP contribution in [-0.4, -0.2) is 32.6 Å². The first-order valence-electron chi connectivity index (χ1n) is 8.49. The van der Waals surface area contributed by atoms with Gasteiger partial charge in [-0.3, -0.25) is 9.59 Å². The van der Waals surface area contributed by atoms with Crippen LogP contribution in [0.15, 0.2) is 48.5 Å². The molecule has 6 nitrogen and oxygen atoms in total. The molecule has 2 rings (SSSR count). The molecule has 7 heteroatoms. The number of carbonyl (C=O) groups excluding carboxylic acids is 2. The predicted octanol–water partition coefficient (Wildman–Crippen LogP) is 3.36. The summed E-state index contributed by atoms with van der Waals surface area (Å²) in [6.07, 6.45) is 0.623. The lowest BCUT2D eigenvalue weighted by molar-refractivity contribution is -0.137. The zero-order chi connectivity index (χ0) is 19.9. The van der Waals surface area contributed by atoms with Gasteiger partial charge in [-0.05, 0) is 30.2 Å². The fourth-order valence-electron chi connectivity index (χ4n) is 2.77. The summed E-state index contributed by atoms with van der Waals surface area (Å²) in [4.78, 5) is 24.5. The lowest BCUT2D eigenvalue weighted by atomic mass is 9.90. The van der Waals surface area contributed by atoms with Crippen molar-refractivity contribution in [3.63, 3.8) is 0 Å². The van der Waals surface area contributed by atoms with Crippen LogP contribution in [0.25, 0.3) is 0 Å². The number of carbonyl (C=O) groups is 2. The minimum absolute atomic E-state index is 0.156. The van der Waals surface area contributed by atoms with E-state index in [0.717, 1.165) is 5.56 Å². The van der Waals surface area contributed by atoms with Crippen LogP contribution in [0.5, 0.6) is 5.75 Å². The minimum atomic E-state index is -0.815. The molecule has 0 aliphatic rings. The van der Waals surface area contributed by atoms with E-state index < -0.39 is 17.4 Å². The van der Waals surface area contributed by atoms with Crippen molar-refractivity contribution < 1.29 is 19.1 Å². The normalized spacial score (nSPS) is 12.7. The topological polar surface area (TPSA) is 76.7 Å². The zero-order valence-electron chi connectivity index (χ0n) is 15.5. The summed E-state index contributed by atoms with van der Waals surface area (Å²) in [7, 11) is 3.05. The Hall–Kier alpha value is -2.57. The molecule has 0 aliphatic carbocycles. The van der Waals surface area contributed by atoms with Crippen molar-refractivity contribution >= 4 is 29.1 Å². The van der Waals surface area contributed by atoms with Gasteiger partial charge in [0.1, 0.15) is 11.4 Å². The van der Waals surface area contributed by atoms with Crippen LogP contribution in [0.4, 0.5) is 5.69 Å². The smallest absolute Gasteiger partial charge is 0.313 e. The molecule has 0 spiro atoms. The van der Waals surface area contributed by atoms with Crippen molar-refractivity contribution in [2.45, 2.75) is 18.9 Å². The number of benzene rings is 2. The van der Waals surface area contributed by atoms with E-state index in [1.165, 1.54) is 13.2 Å². The summed E-state index contributed by atoms with van der Waals surface area (Å²) >= 11 is 5.94. The summed E-state index contributed by atoms with van der Waals surface area (Å²) in [6, 6.07) is 14.3. The summed E-state index contributed by atoms with van der Waals surface area (Å²) in [5, 5.41) is 5.58. The average Bonchev–Trinajstić information content (AvgIpc) is 2.70. The van der Waals surface area contributed by atoms with E-state index in [2.05, 4.69) is 10.6 Å². The first-order chi connectivity index (χ1) is 13.0. The number of anilines is 1. The van der Waals surface area contributed by atoms with Crippen molar-refractivity contribution in [1.29, 1.82) is 0 Å². The first-order valence-corrected chi connectivity index (χ1v) is 8.87. The van der Waals surface area contributed by atoms with Crippen LogP contribution in [0.1, 0.15) is 18.9 Å². The van der Waals surface area contributed by atoms with Crippen molar-refractivity contribution in [2.75, 3.05) is 26.1 Å². The molecular weight excluding hydrogens is 368 g/mol. The Morgan fingerprint density at radius 1 is 1.07 bits per heavy atom. The molecular formula is C20H23ClN2O4. The molecule has 0 radical (unpaired) electrons. The fourth-order valence-corrected chi connectivity index (χ4v) is 2.94. The lowest BCUT2D eigenvalue weighted by Gasteiger charge is -2.32. The molecule has 0 saturated carbocycles. The highest BCUT2D eigenvalue weighted by atomic mass is 35.5. The number of methoxy groups -OCH3 is 2. The summed E-state index contributed by atoms with van der Waals surface area (Å²) < 4.78 is 10.9. The van der Waals surface area contributed by atoms with Gasteiger partial charge in [0.25, 0.3) is 0 Å². The maximum Gasteiger partial charge on any atom is 0.313 e. The second kappa shape index (κ2) is 9.39. The molecule has 144 valence electrons. The van der Waals surface area contributed by atoms with E-state index in [1.807, 2.05) is 37.3 Å². The molecule has 27 heavy (non-hydrogen) atoms. The van der Waals surface area contributed by atoms with Gasteiger partial charge in [0.05, 0.1) is 19.3 Å². The van der Waals surface area contributed by atoms with E-state index in [1.54, 1.807) is 19.2 Å². The molecule has 0 aliphatic heterocycles. The van der Waals surface area contributed by atoms with Crippen LogP contribution in [-0.2, 0) is 19.9 Å². The third-order valence-corrected chi connectivity index (χ3v) is 4.65. The van der Waals surface area contributed by atoms with Crippen LogP contribution in [0.3, 0.4) is 0 Å². The molecule has 2 amide bonds. The van der Waals surface area contributed by atoms with E-state index in [4.69, 9.17) is 21.1 Å². The minimum Gasteiger partial charge on any atom is -0.495 e. The molecule has 0 fully saturated rings. The van der Waals surface area contributed by atoms with Gasteiger partial charge in [0.15, 0.2) is 0 Å². The zero-order valence-corrected chi connectivity index (χ0v) is 16.3. The van der Waals surface area contributed by atoms with Crippen molar-refractivity contribution in [3.05, 3.63) is 59.1 Å². The number of amides is 2. The van der Waals surface area contributed by atoms with E-state index in [9.17, 15) is 9.59 Å².